The number of ether oxygens (including phenoxy) is 4. The van der Waals surface area contributed by atoms with Gasteiger partial charge in [0, 0.05) is 5.56 Å². The Hall–Kier alpha value is -3.81. The lowest BCUT2D eigenvalue weighted by atomic mass is 10.0. The molecule has 0 saturated heterocycles. The van der Waals surface area contributed by atoms with Crippen molar-refractivity contribution in [1.29, 1.82) is 0 Å². The van der Waals surface area contributed by atoms with Gasteiger partial charge < -0.3 is 18.9 Å². The molecule has 0 atom stereocenters. The highest BCUT2D eigenvalue weighted by Crippen LogP contribution is 2.35. The molecule has 1 aromatic heterocycles. The van der Waals surface area contributed by atoms with Crippen molar-refractivity contribution < 1.29 is 28.5 Å². The molecule has 0 aliphatic heterocycles. The van der Waals surface area contributed by atoms with E-state index in [1.165, 1.54) is 26.0 Å². The quantitative estimate of drug-likeness (QED) is 0.551. The second kappa shape index (κ2) is 9.13. The van der Waals surface area contributed by atoms with Crippen molar-refractivity contribution in [3.8, 4) is 28.4 Å². The smallest absolute Gasteiger partial charge is 0.357 e. The van der Waals surface area contributed by atoms with E-state index >= 15 is 0 Å². The second-order valence-electron chi connectivity index (χ2n) is 6.10. The van der Waals surface area contributed by atoms with Crippen LogP contribution in [0.4, 0.5) is 0 Å². The van der Waals surface area contributed by atoms with Gasteiger partial charge in [-0.1, -0.05) is 18.2 Å². The first kappa shape index (κ1) is 20.9. The Morgan fingerprint density at radius 2 is 1.63 bits per heavy atom. The summed E-state index contributed by atoms with van der Waals surface area (Å²) in [6.07, 6.45) is 0. The van der Waals surface area contributed by atoms with Crippen LogP contribution in [0.1, 0.15) is 27.8 Å². The van der Waals surface area contributed by atoms with Gasteiger partial charge in [0.05, 0.1) is 33.6 Å². The van der Waals surface area contributed by atoms with Gasteiger partial charge in [0.15, 0.2) is 17.2 Å². The molecule has 0 aliphatic rings. The summed E-state index contributed by atoms with van der Waals surface area (Å²) in [5.41, 5.74) is 1.38. The fraction of sp³-hybridized carbons (Fsp3) is 0.227. The number of hydrogen-bond donors (Lipinski definition) is 0. The fourth-order valence-electron chi connectivity index (χ4n) is 3.05. The van der Waals surface area contributed by atoms with Crippen LogP contribution in [0.2, 0.25) is 0 Å². The minimum Gasteiger partial charge on any atom is -0.493 e. The predicted molar refractivity (Wildman–Crippen MR) is 109 cm³/mol. The van der Waals surface area contributed by atoms with Crippen LogP contribution in [0.25, 0.3) is 16.9 Å². The van der Waals surface area contributed by atoms with E-state index in [2.05, 4.69) is 5.10 Å². The van der Waals surface area contributed by atoms with E-state index in [1.807, 2.05) is 13.0 Å². The van der Waals surface area contributed by atoms with Crippen LogP contribution in [0.15, 0.2) is 48.5 Å². The molecule has 0 fully saturated rings. The molecule has 1 heterocycles. The summed E-state index contributed by atoms with van der Waals surface area (Å²) in [6.45, 7) is 2.28. The summed E-state index contributed by atoms with van der Waals surface area (Å²) in [4.78, 5) is 25.3. The highest BCUT2D eigenvalue weighted by molar-refractivity contribution is 6.06. The van der Waals surface area contributed by atoms with E-state index in [0.29, 0.717) is 29.4 Å². The van der Waals surface area contributed by atoms with Crippen LogP contribution >= 0.6 is 0 Å². The molecule has 3 rings (SSSR count). The zero-order valence-corrected chi connectivity index (χ0v) is 17.2. The van der Waals surface area contributed by atoms with Gasteiger partial charge in [-0.3, -0.25) is 0 Å². The largest absolute Gasteiger partial charge is 0.493 e. The Kier molecular flexibility index (Phi) is 6.36. The van der Waals surface area contributed by atoms with Gasteiger partial charge in [-0.25, -0.2) is 14.3 Å². The summed E-state index contributed by atoms with van der Waals surface area (Å²) in [6, 6.07) is 14.1. The van der Waals surface area contributed by atoms with Crippen molar-refractivity contribution >= 4 is 11.9 Å². The lowest BCUT2D eigenvalue weighted by Crippen LogP contribution is -2.15. The highest BCUT2D eigenvalue weighted by atomic mass is 16.5. The molecule has 2 aromatic carbocycles. The number of hydrogen-bond acceptors (Lipinski definition) is 7. The maximum Gasteiger partial charge on any atom is 0.357 e. The maximum absolute atomic E-state index is 12.7. The summed E-state index contributed by atoms with van der Waals surface area (Å²) in [5, 5.41) is 4.56. The van der Waals surface area contributed by atoms with Crippen LogP contribution in [0.3, 0.4) is 0 Å². The Morgan fingerprint density at radius 1 is 0.933 bits per heavy atom. The average Bonchev–Trinajstić information content (AvgIpc) is 3.19. The first-order valence-corrected chi connectivity index (χ1v) is 9.21. The molecule has 0 spiro atoms. The third-order valence-corrected chi connectivity index (χ3v) is 4.39. The lowest BCUT2D eigenvalue weighted by Gasteiger charge is -2.11. The number of benzene rings is 2. The zero-order valence-electron chi connectivity index (χ0n) is 17.2. The van der Waals surface area contributed by atoms with Gasteiger partial charge in [-0.15, -0.1) is 0 Å². The zero-order chi connectivity index (χ0) is 21.7. The van der Waals surface area contributed by atoms with Crippen LogP contribution in [-0.2, 0) is 9.47 Å². The van der Waals surface area contributed by atoms with Crippen molar-refractivity contribution in [3.05, 3.63) is 59.8 Å². The lowest BCUT2D eigenvalue weighted by molar-refractivity contribution is 0.0549. The van der Waals surface area contributed by atoms with Gasteiger partial charge in [0.1, 0.15) is 11.3 Å². The summed E-state index contributed by atoms with van der Waals surface area (Å²) in [7, 11) is 4.02. The Balaban J connectivity index is 2.32. The van der Waals surface area contributed by atoms with Gasteiger partial charge in [-0.05, 0) is 37.3 Å². The third-order valence-electron chi connectivity index (χ3n) is 4.39. The number of esters is 2. The molecule has 0 N–H and O–H groups in total. The van der Waals surface area contributed by atoms with E-state index in [1.54, 1.807) is 42.5 Å². The summed E-state index contributed by atoms with van der Waals surface area (Å²) >= 11 is 0. The molecule has 8 heteroatoms. The average molecular weight is 410 g/mol. The van der Waals surface area contributed by atoms with E-state index in [4.69, 9.17) is 18.9 Å². The number of methoxy groups -OCH3 is 3. The second-order valence-corrected chi connectivity index (χ2v) is 6.10. The molecule has 0 unspecified atom stereocenters. The van der Waals surface area contributed by atoms with Gasteiger partial charge in [0.2, 0.25) is 0 Å². The van der Waals surface area contributed by atoms with Crippen molar-refractivity contribution in [2.45, 2.75) is 6.92 Å². The SMILES string of the molecule is CCOc1cc(-c2nn(-c3ccccc3)c(C(=O)OC)c2C(=O)OC)ccc1OC. The first-order valence-electron chi connectivity index (χ1n) is 9.21. The molecular formula is C22H22N2O6. The van der Waals surface area contributed by atoms with Crippen molar-refractivity contribution in [2.24, 2.45) is 0 Å². The Labute approximate surface area is 173 Å². The van der Waals surface area contributed by atoms with Gasteiger partial charge >= 0.3 is 11.9 Å². The molecular weight excluding hydrogens is 388 g/mol. The summed E-state index contributed by atoms with van der Waals surface area (Å²) in [5.74, 6) is -0.393. The minimum atomic E-state index is -0.712. The van der Waals surface area contributed by atoms with E-state index < -0.39 is 11.9 Å². The number of carbonyl (C=O) groups excluding carboxylic acids is 2. The van der Waals surface area contributed by atoms with Crippen molar-refractivity contribution in [1.82, 2.24) is 9.78 Å². The van der Waals surface area contributed by atoms with Crippen LogP contribution < -0.4 is 9.47 Å². The number of rotatable bonds is 7. The molecule has 0 saturated carbocycles. The Bertz CT molecular complexity index is 1060. The molecule has 8 nitrogen and oxygen atoms in total. The third kappa shape index (κ3) is 3.84. The number of nitrogens with zero attached hydrogens (tertiary/aromatic N) is 2. The molecule has 0 radical (unpaired) electrons. The van der Waals surface area contributed by atoms with Crippen LogP contribution in [0.5, 0.6) is 11.5 Å². The monoisotopic (exact) mass is 410 g/mol. The number of para-hydroxylation sites is 1. The molecule has 0 amide bonds. The van der Waals surface area contributed by atoms with Crippen LogP contribution in [-0.4, -0.2) is 49.7 Å². The molecule has 30 heavy (non-hydrogen) atoms. The van der Waals surface area contributed by atoms with Crippen molar-refractivity contribution in [2.75, 3.05) is 27.9 Å². The number of aromatic nitrogens is 2. The standard InChI is InChI=1S/C22H22N2O6/c1-5-30-17-13-14(11-12-16(17)27-2)19-18(21(25)28-3)20(22(26)29-4)24(23-19)15-9-7-6-8-10-15/h6-13H,5H2,1-4H3. The molecule has 0 bridgehead atoms. The van der Waals surface area contributed by atoms with Gasteiger partial charge in [0.25, 0.3) is 0 Å². The van der Waals surface area contributed by atoms with E-state index in [9.17, 15) is 9.59 Å². The van der Waals surface area contributed by atoms with Gasteiger partial charge in [-0.2, -0.15) is 5.10 Å². The minimum absolute atomic E-state index is 0.000758. The molecule has 3 aromatic rings. The topological polar surface area (TPSA) is 88.9 Å². The molecule has 156 valence electrons. The van der Waals surface area contributed by atoms with Crippen molar-refractivity contribution in [3.63, 3.8) is 0 Å². The number of carbonyl (C=O) groups is 2. The highest BCUT2D eigenvalue weighted by Gasteiger charge is 2.31. The summed E-state index contributed by atoms with van der Waals surface area (Å²) < 4.78 is 22.2. The predicted octanol–water partition coefficient (Wildman–Crippen LogP) is 3.52. The fourth-order valence-corrected chi connectivity index (χ4v) is 3.05. The van der Waals surface area contributed by atoms with E-state index in [-0.39, 0.29) is 17.0 Å². The van der Waals surface area contributed by atoms with E-state index in [0.717, 1.165) is 0 Å². The van der Waals surface area contributed by atoms with Crippen LogP contribution in [0, 0.1) is 0 Å². The molecule has 0 aliphatic carbocycles. The Morgan fingerprint density at radius 3 is 2.23 bits per heavy atom. The first-order chi connectivity index (χ1) is 14.5. The maximum atomic E-state index is 12.7. The normalized spacial score (nSPS) is 10.4.